The largest absolute Gasteiger partial charge is 0.507 e. The second kappa shape index (κ2) is 6.76. The predicted octanol–water partition coefficient (Wildman–Crippen LogP) is 2.82. The van der Waals surface area contributed by atoms with E-state index < -0.39 is 0 Å². The number of terminal acetylenes is 1. The maximum Gasteiger partial charge on any atom is 0.257 e. The zero-order valence-electron chi connectivity index (χ0n) is 15.0. The fraction of sp³-hybridized carbons (Fsp3) is 0.286. The Labute approximate surface area is 156 Å². The Morgan fingerprint density at radius 3 is 2.89 bits per heavy atom. The first-order valence-electron chi connectivity index (χ1n) is 8.91. The average molecular weight is 361 g/mol. The van der Waals surface area contributed by atoms with Gasteiger partial charge in [0.05, 0.1) is 17.8 Å². The number of aromatic hydroxyl groups is 1. The summed E-state index contributed by atoms with van der Waals surface area (Å²) < 4.78 is 7.04. The molecule has 1 N–H and O–H groups in total. The lowest BCUT2D eigenvalue weighted by Crippen LogP contribution is -2.31. The molecule has 0 fully saturated rings. The molecule has 3 aromatic rings. The molecule has 1 aliphatic carbocycles. The van der Waals surface area contributed by atoms with Crippen LogP contribution in [-0.4, -0.2) is 19.8 Å². The summed E-state index contributed by atoms with van der Waals surface area (Å²) in [5, 5.41) is 14.0. The van der Waals surface area contributed by atoms with Crippen molar-refractivity contribution in [2.75, 3.05) is 0 Å². The van der Waals surface area contributed by atoms with Gasteiger partial charge in [0.25, 0.3) is 5.56 Å². The predicted molar refractivity (Wildman–Crippen MR) is 101 cm³/mol. The normalized spacial score (nSPS) is 13.2. The van der Waals surface area contributed by atoms with Gasteiger partial charge in [-0.15, -0.1) is 6.42 Å². The molecule has 27 heavy (non-hydrogen) atoms. The monoisotopic (exact) mass is 361 g/mol. The minimum absolute atomic E-state index is 0.0118. The number of phenolic OH excluding ortho intramolecular Hbond substituents is 1. The summed E-state index contributed by atoms with van der Waals surface area (Å²) in [6.07, 6.45) is 9.09. The Balaban J connectivity index is 1.65. The van der Waals surface area contributed by atoms with E-state index in [4.69, 9.17) is 10.9 Å². The summed E-state index contributed by atoms with van der Waals surface area (Å²) in [5.74, 6) is 3.60. The van der Waals surface area contributed by atoms with Crippen LogP contribution in [0.2, 0.25) is 0 Å². The van der Waals surface area contributed by atoms with E-state index in [0.29, 0.717) is 35.0 Å². The molecule has 0 unspecified atom stereocenters. The Hall–Kier alpha value is -3.33. The zero-order chi connectivity index (χ0) is 19.0. The number of rotatable bonds is 3. The van der Waals surface area contributed by atoms with E-state index in [-0.39, 0.29) is 11.3 Å². The molecular formula is C21H19N3O3. The molecule has 0 amide bonds. The van der Waals surface area contributed by atoms with Gasteiger partial charge >= 0.3 is 0 Å². The fourth-order valence-electron chi connectivity index (χ4n) is 3.49. The van der Waals surface area contributed by atoms with Crippen molar-refractivity contribution in [2.24, 2.45) is 0 Å². The maximum absolute atomic E-state index is 12.8. The highest BCUT2D eigenvalue weighted by Gasteiger charge is 2.19. The fourth-order valence-corrected chi connectivity index (χ4v) is 3.49. The van der Waals surface area contributed by atoms with E-state index in [2.05, 4.69) is 16.1 Å². The van der Waals surface area contributed by atoms with Gasteiger partial charge in [-0.05, 0) is 50.8 Å². The smallest absolute Gasteiger partial charge is 0.257 e. The van der Waals surface area contributed by atoms with E-state index in [1.54, 1.807) is 22.8 Å². The second-order valence-corrected chi connectivity index (χ2v) is 6.74. The molecule has 0 saturated carbocycles. The summed E-state index contributed by atoms with van der Waals surface area (Å²) in [6, 6.07) is 6.71. The first kappa shape index (κ1) is 17.1. The van der Waals surface area contributed by atoms with Gasteiger partial charge in [-0.2, -0.15) is 0 Å². The second-order valence-electron chi connectivity index (χ2n) is 6.74. The summed E-state index contributed by atoms with van der Waals surface area (Å²) >= 11 is 0. The highest BCUT2D eigenvalue weighted by atomic mass is 16.5. The Bertz CT molecular complexity index is 1120. The van der Waals surface area contributed by atoms with Crippen molar-refractivity contribution in [3.8, 4) is 29.4 Å². The molecule has 0 spiro atoms. The third kappa shape index (κ3) is 3.13. The molecule has 1 aromatic carbocycles. The molecule has 6 heteroatoms. The van der Waals surface area contributed by atoms with Crippen LogP contribution < -0.4 is 5.56 Å². The lowest BCUT2D eigenvalue weighted by molar-refractivity contribution is 0.419. The van der Waals surface area contributed by atoms with Gasteiger partial charge in [-0.3, -0.25) is 9.36 Å². The summed E-state index contributed by atoms with van der Waals surface area (Å²) in [6.45, 7) is 2.14. The number of phenols is 1. The molecule has 0 aliphatic heterocycles. The maximum atomic E-state index is 12.8. The van der Waals surface area contributed by atoms with Crippen LogP contribution in [-0.2, 0) is 19.4 Å². The van der Waals surface area contributed by atoms with Crippen LogP contribution in [0.3, 0.4) is 0 Å². The SMILES string of the molecule is C#Cc1ccc(-c2cc(Cn3c(C)nc4c(c3=O)CCCC4)no2)cc1O. The van der Waals surface area contributed by atoms with Crippen LogP contribution >= 0.6 is 0 Å². The van der Waals surface area contributed by atoms with Crippen LogP contribution in [0.15, 0.2) is 33.6 Å². The highest BCUT2D eigenvalue weighted by molar-refractivity contribution is 5.63. The molecule has 136 valence electrons. The van der Waals surface area contributed by atoms with E-state index in [0.717, 1.165) is 36.9 Å². The van der Waals surface area contributed by atoms with Crippen molar-refractivity contribution >= 4 is 0 Å². The molecule has 0 radical (unpaired) electrons. The molecule has 0 bridgehead atoms. The lowest BCUT2D eigenvalue weighted by atomic mass is 9.97. The van der Waals surface area contributed by atoms with E-state index >= 15 is 0 Å². The molecule has 4 rings (SSSR count). The molecule has 0 saturated heterocycles. The van der Waals surface area contributed by atoms with Crippen LogP contribution in [0.5, 0.6) is 5.75 Å². The van der Waals surface area contributed by atoms with Crippen molar-refractivity contribution in [3.63, 3.8) is 0 Å². The topological polar surface area (TPSA) is 81.2 Å². The quantitative estimate of drug-likeness (QED) is 0.726. The van der Waals surface area contributed by atoms with Crippen molar-refractivity contribution in [1.82, 2.24) is 14.7 Å². The number of aryl methyl sites for hydroxylation is 2. The Kier molecular flexibility index (Phi) is 4.28. The van der Waals surface area contributed by atoms with Gasteiger partial charge < -0.3 is 9.63 Å². The first-order chi connectivity index (χ1) is 13.1. The molecular weight excluding hydrogens is 342 g/mol. The third-order valence-electron chi connectivity index (χ3n) is 4.95. The summed E-state index contributed by atoms with van der Waals surface area (Å²) in [7, 11) is 0. The standard InChI is InChI=1S/C21H19N3O3/c1-3-14-8-9-15(10-19(14)25)20-11-16(23-27-20)12-24-13(2)22-18-7-5-4-6-17(18)21(24)26/h1,8-11,25H,4-7,12H2,2H3. The number of nitrogens with zero attached hydrogens (tertiary/aromatic N) is 3. The molecule has 2 heterocycles. The number of benzene rings is 1. The number of aromatic nitrogens is 3. The minimum atomic E-state index is 0.0118. The van der Waals surface area contributed by atoms with Crippen LogP contribution in [0.1, 0.15) is 41.2 Å². The van der Waals surface area contributed by atoms with Gasteiger partial charge in [-0.1, -0.05) is 11.1 Å². The van der Waals surface area contributed by atoms with Gasteiger partial charge in [-0.25, -0.2) is 4.98 Å². The van der Waals surface area contributed by atoms with Crippen molar-refractivity contribution < 1.29 is 9.63 Å². The van der Waals surface area contributed by atoms with Crippen molar-refractivity contribution in [1.29, 1.82) is 0 Å². The minimum Gasteiger partial charge on any atom is -0.507 e. The van der Waals surface area contributed by atoms with E-state index in [1.807, 2.05) is 6.92 Å². The Morgan fingerprint density at radius 1 is 1.30 bits per heavy atom. The van der Waals surface area contributed by atoms with Gasteiger partial charge in [0.2, 0.25) is 0 Å². The van der Waals surface area contributed by atoms with Gasteiger partial charge in [0.1, 0.15) is 17.3 Å². The van der Waals surface area contributed by atoms with Crippen molar-refractivity contribution in [2.45, 2.75) is 39.2 Å². The number of hydrogen-bond donors (Lipinski definition) is 1. The number of fused-ring (bicyclic) bond motifs is 1. The van der Waals surface area contributed by atoms with Crippen LogP contribution in [0.4, 0.5) is 0 Å². The number of hydrogen-bond acceptors (Lipinski definition) is 5. The zero-order valence-corrected chi connectivity index (χ0v) is 15.0. The third-order valence-corrected chi connectivity index (χ3v) is 4.95. The molecule has 2 aromatic heterocycles. The van der Waals surface area contributed by atoms with Crippen LogP contribution in [0, 0.1) is 19.3 Å². The van der Waals surface area contributed by atoms with Crippen LogP contribution in [0.25, 0.3) is 11.3 Å². The summed E-state index contributed by atoms with van der Waals surface area (Å²) in [5.41, 5.74) is 3.47. The van der Waals surface area contributed by atoms with Gasteiger partial charge in [0, 0.05) is 17.2 Å². The molecule has 1 aliphatic rings. The first-order valence-corrected chi connectivity index (χ1v) is 8.91. The molecule has 0 atom stereocenters. The average Bonchev–Trinajstić information content (AvgIpc) is 3.14. The summed E-state index contributed by atoms with van der Waals surface area (Å²) in [4.78, 5) is 17.5. The van der Waals surface area contributed by atoms with Gasteiger partial charge in [0.15, 0.2) is 5.76 Å². The van der Waals surface area contributed by atoms with E-state index in [1.165, 1.54) is 6.07 Å². The lowest BCUT2D eigenvalue weighted by Gasteiger charge is -2.17. The highest BCUT2D eigenvalue weighted by Crippen LogP contribution is 2.27. The van der Waals surface area contributed by atoms with Crippen molar-refractivity contribution in [3.05, 3.63) is 63.0 Å². The molecule has 6 nitrogen and oxygen atoms in total. The Morgan fingerprint density at radius 2 is 2.11 bits per heavy atom. The van der Waals surface area contributed by atoms with E-state index in [9.17, 15) is 9.90 Å².